The Morgan fingerprint density at radius 2 is 1.89 bits per heavy atom. The van der Waals surface area contributed by atoms with Crippen molar-refractivity contribution in [2.45, 2.75) is 6.42 Å². The highest BCUT2D eigenvalue weighted by Crippen LogP contribution is 2.16. The summed E-state index contributed by atoms with van der Waals surface area (Å²) < 4.78 is 0. The average Bonchev–Trinajstić information content (AvgIpc) is 2.42. The van der Waals surface area contributed by atoms with Gasteiger partial charge in [0.1, 0.15) is 0 Å². The van der Waals surface area contributed by atoms with Gasteiger partial charge in [0.25, 0.3) is 0 Å². The number of hydrogen-bond donors (Lipinski definition) is 0. The van der Waals surface area contributed by atoms with Gasteiger partial charge in [0.2, 0.25) is 5.91 Å². The maximum atomic E-state index is 12.2. The van der Waals surface area contributed by atoms with Crippen LogP contribution in [0.4, 0.5) is 0 Å². The van der Waals surface area contributed by atoms with Gasteiger partial charge >= 0.3 is 0 Å². The molecule has 1 aromatic rings. The second-order valence-corrected chi connectivity index (χ2v) is 5.88. The standard InChI is InChI=1S/C14H18BrClN2O/c15-5-6-17-7-9-18(10-8-17)14(19)11-12-3-1-2-4-13(12)16/h1-4H,5-11H2. The molecule has 3 nitrogen and oxygen atoms in total. The molecule has 0 unspecified atom stereocenters. The molecule has 0 saturated carbocycles. The molecule has 0 atom stereocenters. The number of amides is 1. The molecule has 1 aromatic carbocycles. The van der Waals surface area contributed by atoms with Crippen molar-refractivity contribution in [1.29, 1.82) is 0 Å². The van der Waals surface area contributed by atoms with E-state index in [2.05, 4.69) is 20.8 Å². The van der Waals surface area contributed by atoms with Gasteiger partial charge in [-0.15, -0.1) is 0 Å². The maximum Gasteiger partial charge on any atom is 0.227 e. The Morgan fingerprint density at radius 3 is 2.53 bits per heavy atom. The summed E-state index contributed by atoms with van der Waals surface area (Å²) in [5, 5.41) is 1.66. The fraction of sp³-hybridized carbons (Fsp3) is 0.500. The minimum absolute atomic E-state index is 0.173. The molecule has 104 valence electrons. The van der Waals surface area contributed by atoms with Crippen molar-refractivity contribution in [2.24, 2.45) is 0 Å². The summed E-state index contributed by atoms with van der Waals surface area (Å²) >= 11 is 9.53. The molecular weight excluding hydrogens is 328 g/mol. The number of rotatable bonds is 4. The molecule has 19 heavy (non-hydrogen) atoms. The number of carbonyl (C=O) groups excluding carboxylic acids is 1. The predicted octanol–water partition coefficient (Wildman–Crippen LogP) is 2.42. The first-order valence-electron chi connectivity index (χ1n) is 6.50. The monoisotopic (exact) mass is 344 g/mol. The second-order valence-electron chi connectivity index (χ2n) is 4.68. The van der Waals surface area contributed by atoms with Crippen molar-refractivity contribution >= 4 is 33.4 Å². The topological polar surface area (TPSA) is 23.6 Å². The van der Waals surface area contributed by atoms with Crippen molar-refractivity contribution in [3.05, 3.63) is 34.9 Å². The lowest BCUT2D eigenvalue weighted by atomic mass is 10.1. The number of halogens is 2. The Balaban J connectivity index is 1.87. The van der Waals surface area contributed by atoms with Crippen LogP contribution in [0.3, 0.4) is 0 Å². The quantitative estimate of drug-likeness (QED) is 0.783. The third-order valence-electron chi connectivity index (χ3n) is 3.43. The molecule has 0 aliphatic carbocycles. The van der Waals surface area contributed by atoms with E-state index in [-0.39, 0.29) is 5.91 Å². The highest BCUT2D eigenvalue weighted by molar-refractivity contribution is 9.09. The summed E-state index contributed by atoms with van der Waals surface area (Å²) in [6, 6.07) is 7.55. The van der Waals surface area contributed by atoms with Crippen LogP contribution in [0.15, 0.2) is 24.3 Å². The van der Waals surface area contributed by atoms with Crippen molar-refractivity contribution in [2.75, 3.05) is 38.1 Å². The highest BCUT2D eigenvalue weighted by Gasteiger charge is 2.21. The summed E-state index contributed by atoms with van der Waals surface area (Å²) in [5.74, 6) is 0.173. The van der Waals surface area contributed by atoms with E-state index in [1.807, 2.05) is 29.2 Å². The predicted molar refractivity (Wildman–Crippen MR) is 82.0 cm³/mol. The molecule has 5 heteroatoms. The van der Waals surface area contributed by atoms with Crippen molar-refractivity contribution in [3.63, 3.8) is 0 Å². The van der Waals surface area contributed by atoms with E-state index in [9.17, 15) is 4.79 Å². The molecule has 1 aliphatic rings. The van der Waals surface area contributed by atoms with Gasteiger partial charge in [-0.2, -0.15) is 0 Å². The lowest BCUT2D eigenvalue weighted by Gasteiger charge is -2.34. The summed E-state index contributed by atoms with van der Waals surface area (Å²) in [5.41, 5.74) is 0.914. The zero-order valence-electron chi connectivity index (χ0n) is 10.8. The largest absolute Gasteiger partial charge is 0.340 e. The van der Waals surface area contributed by atoms with Crippen LogP contribution in [-0.4, -0.2) is 53.8 Å². The molecule has 0 aromatic heterocycles. The van der Waals surface area contributed by atoms with Gasteiger partial charge < -0.3 is 4.90 Å². The number of hydrogen-bond acceptors (Lipinski definition) is 2. The zero-order valence-corrected chi connectivity index (χ0v) is 13.2. The van der Waals surface area contributed by atoms with Gasteiger partial charge in [-0.05, 0) is 11.6 Å². The first-order valence-corrected chi connectivity index (χ1v) is 8.00. The van der Waals surface area contributed by atoms with Gasteiger partial charge in [0.05, 0.1) is 6.42 Å². The molecule has 0 spiro atoms. The molecule has 1 amide bonds. The molecule has 1 saturated heterocycles. The van der Waals surface area contributed by atoms with E-state index < -0.39 is 0 Å². The molecule has 1 fully saturated rings. The van der Waals surface area contributed by atoms with Crippen molar-refractivity contribution in [3.8, 4) is 0 Å². The highest BCUT2D eigenvalue weighted by atomic mass is 79.9. The van der Waals surface area contributed by atoms with E-state index in [1.54, 1.807) is 0 Å². The molecule has 0 N–H and O–H groups in total. The molecule has 2 rings (SSSR count). The third kappa shape index (κ3) is 4.20. The average molecular weight is 346 g/mol. The molecule has 0 radical (unpaired) electrons. The van der Waals surface area contributed by atoms with E-state index in [4.69, 9.17) is 11.6 Å². The van der Waals surface area contributed by atoms with Crippen LogP contribution in [-0.2, 0) is 11.2 Å². The van der Waals surface area contributed by atoms with Crippen LogP contribution in [0.25, 0.3) is 0 Å². The Morgan fingerprint density at radius 1 is 1.21 bits per heavy atom. The minimum Gasteiger partial charge on any atom is -0.340 e. The molecule has 0 bridgehead atoms. The van der Waals surface area contributed by atoms with Gasteiger partial charge in [-0.3, -0.25) is 9.69 Å². The Hall–Kier alpha value is -0.580. The molecule has 1 aliphatic heterocycles. The van der Waals surface area contributed by atoms with Gasteiger partial charge in [0, 0.05) is 43.1 Å². The Labute approximate surface area is 127 Å². The van der Waals surface area contributed by atoms with E-state index >= 15 is 0 Å². The Kier molecular flexibility index (Phi) is 5.67. The fourth-order valence-corrected chi connectivity index (χ4v) is 2.96. The zero-order chi connectivity index (χ0) is 13.7. The summed E-state index contributed by atoms with van der Waals surface area (Å²) in [6.07, 6.45) is 0.401. The maximum absolute atomic E-state index is 12.2. The Bertz CT molecular complexity index is 433. The third-order valence-corrected chi connectivity index (χ3v) is 4.15. The van der Waals surface area contributed by atoms with E-state index in [0.29, 0.717) is 11.4 Å². The van der Waals surface area contributed by atoms with Crippen LogP contribution in [0.5, 0.6) is 0 Å². The number of piperazine rings is 1. The minimum atomic E-state index is 0.173. The fourth-order valence-electron chi connectivity index (χ4n) is 2.26. The van der Waals surface area contributed by atoms with Crippen LogP contribution in [0.1, 0.15) is 5.56 Å². The van der Waals surface area contributed by atoms with Crippen molar-refractivity contribution < 1.29 is 4.79 Å². The first-order chi connectivity index (χ1) is 9.20. The van der Waals surface area contributed by atoms with Crippen LogP contribution in [0, 0.1) is 0 Å². The van der Waals surface area contributed by atoms with Crippen LogP contribution < -0.4 is 0 Å². The first kappa shape index (κ1) is 14.8. The SMILES string of the molecule is O=C(Cc1ccccc1Cl)N1CCN(CCBr)CC1. The number of carbonyl (C=O) groups is 1. The lowest BCUT2D eigenvalue weighted by Crippen LogP contribution is -2.49. The van der Waals surface area contributed by atoms with E-state index in [1.165, 1.54) is 0 Å². The van der Waals surface area contributed by atoms with Gasteiger partial charge in [-0.1, -0.05) is 45.7 Å². The number of alkyl halides is 1. The van der Waals surface area contributed by atoms with E-state index in [0.717, 1.165) is 43.6 Å². The summed E-state index contributed by atoms with van der Waals surface area (Å²) in [4.78, 5) is 16.5. The lowest BCUT2D eigenvalue weighted by molar-refractivity contribution is -0.132. The van der Waals surface area contributed by atoms with Gasteiger partial charge in [0.15, 0.2) is 0 Å². The van der Waals surface area contributed by atoms with Crippen LogP contribution >= 0.6 is 27.5 Å². The second kappa shape index (κ2) is 7.27. The van der Waals surface area contributed by atoms with Gasteiger partial charge in [-0.25, -0.2) is 0 Å². The summed E-state index contributed by atoms with van der Waals surface area (Å²) in [7, 11) is 0. The molecular formula is C14H18BrClN2O. The summed E-state index contributed by atoms with van der Waals surface area (Å²) in [6.45, 7) is 4.60. The normalized spacial score (nSPS) is 16.6. The van der Waals surface area contributed by atoms with Crippen molar-refractivity contribution in [1.82, 2.24) is 9.80 Å². The van der Waals surface area contributed by atoms with Crippen LogP contribution in [0.2, 0.25) is 5.02 Å². The molecule has 1 heterocycles. The smallest absolute Gasteiger partial charge is 0.227 e. The number of nitrogens with zero attached hydrogens (tertiary/aromatic N) is 2. The number of benzene rings is 1.